The molecule has 3 rings (SSSR count). The van der Waals surface area contributed by atoms with Crippen LogP contribution < -0.4 is 0 Å². The highest BCUT2D eigenvalue weighted by Gasteiger charge is 2.29. The van der Waals surface area contributed by atoms with Crippen LogP contribution in [-0.4, -0.2) is 47.6 Å². The molecule has 0 amide bonds. The molecule has 3 nitrogen and oxygen atoms in total. The maximum Gasteiger partial charge on any atom is 0.115 e. The summed E-state index contributed by atoms with van der Waals surface area (Å²) < 4.78 is 0. The quantitative estimate of drug-likeness (QED) is 0.653. The maximum absolute atomic E-state index is 2.54. The summed E-state index contributed by atoms with van der Waals surface area (Å²) in [7, 11) is 0. The minimum Gasteiger partial charge on any atom is -0.357 e. The van der Waals surface area contributed by atoms with Crippen LogP contribution in [0.4, 0.5) is 0 Å². The third-order valence-electron chi connectivity index (χ3n) is 3.54. The van der Waals surface area contributed by atoms with Crippen molar-refractivity contribution in [2.75, 3.05) is 32.7 Å². The van der Waals surface area contributed by atoms with Crippen LogP contribution in [0.25, 0.3) is 0 Å². The van der Waals surface area contributed by atoms with Gasteiger partial charge in [0.2, 0.25) is 0 Å². The zero-order valence-electron chi connectivity index (χ0n) is 8.78. The molecule has 2 saturated heterocycles. The van der Waals surface area contributed by atoms with Gasteiger partial charge in [-0.2, -0.15) is 0 Å². The van der Waals surface area contributed by atoms with Crippen LogP contribution in [-0.2, 0) is 0 Å². The summed E-state index contributed by atoms with van der Waals surface area (Å²) >= 11 is 0. The fourth-order valence-corrected chi connectivity index (χ4v) is 2.60. The number of hydrazine groups is 1. The molecule has 0 aromatic rings. The molecular formula is C11H19N3. The van der Waals surface area contributed by atoms with E-state index in [9.17, 15) is 0 Å². The molecule has 3 aliphatic heterocycles. The minimum absolute atomic E-state index is 1.21. The number of rotatable bonds is 2. The first kappa shape index (κ1) is 8.60. The van der Waals surface area contributed by atoms with Gasteiger partial charge >= 0.3 is 0 Å². The van der Waals surface area contributed by atoms with E-state index in [1.54, 1.807) is 0 Å². The van der Waals surface area contributed by atoms with Gasteiger partial charge in [-0.3, -0.25) is 5.01 Å². The van der Waals surface area contributed by atoms with Gasteiger partial charge in [0.15, 0.2) is 0 Å². The van der Waals surface area contributed by atoms with E-state index in [1.165, 1.54) is 64.2 Å². The van der Waals surface area contributed by atoms with E-state index >= 15 is 0 Å². The van der Waals surface area contributed by atoms with E-state index in [-0.39, 0.29) is 0 Å². The third-order valence-corrected chi connectivity index (χ3v) is 3.54. The van der Waals surface area contributed by atoms with E-state index < -0.39 is 0 Å². The average molecular weight is 193 g/mol. The standard InChI is InChI=1S/C11H19N3/c1-2-9-13(8-1)14-10-3-5-11(14)12-6-4-7-12/h5H,1-4,6-10H2. The van der Waals surface area contributed by atoms with Crippen molar-refractivity contribution in [3.63, 3.8) is 0 Å². The molecule has 0 spiro atoms. The Kier molecular flexibility index (Phi) is 2.13. The Morgan fingerprint density at radius 1 is 0.857 bits per heavy atom. The van der Waals surface area contributed by atoms with Crippen molar-refractivity contribution in [2.24, 2.45) is 0 Å². The molecule has 3 heterocycles. The van der Waals surface area contributed by atoms with Gasteiger partial charge in [0.25, 0.3) is 0 Å². The van der Waals surface area contributed by atoms with E-state index in [2.05, 4.69) is 21.0 Å². The van der Waals surface area contributed by atoms with Crippen LogP contribution in [0.15, 0.2) is 11.9 Å². The normalized spacial score (nSPS) is 28.1. The number of hydrogen-bond donors (Lipinski definition) is 0. The first-order valence-electron chi connectivity index (χ1n) is 5.93. The van der Waals surface area contributed by atoms with E-state index in [4.69, 9.17) is 0 Å². The Hall–Kier alpha value is -0.700. The summed E-state index contributed by atoms with van der Waals surface area (Å²) in [6.07, 6.45) is 7.79. The van der Waals surface area contributed by atoms with Crippen LogP contribution in [0, 0.1) is 0 Å². The summed E-state index contributed by atoms with van der Waals surface area (Å²) in [5.74, 6) is 1.50. The molecule has 0 N–H and O–H groups in total. The van der Waals surface area contributed by atoms with Crippen molar-refractivity contribution in [2.45, 2.75) is 25.7 Å². The number of likely N-dealkylation sites (tertiary alicyclic amines) is 1. The topological polar surface area (TPSA) is 9.72 Å². The molecule has 78 valence electrons. The lowest BCUT2D eigenvalue weighted by Gasteiger charge is -2.42. The lowest BCUT2D eigenvalue weighted by atomic mass is 10.2. The van der Waals surface area contributed by atoms with Crippen molar-refractivity contribution in [3.8, 4) is 0 Å². The lowest BCUT2D eigenvalue weighted by molar-refractivity contribution is 0.000406. The predicted molar refractivity (Wildman–Crippen MR) is 56.4 cm³/mol. The Labute approximate surface area is 85.9 Å². The number of hydrogen-bond acceptors (Lipinski definition) is 3. The molecule has 3 aliphatic rings. The van der Waals surface area contributed by atoms with Crippen LogP contribution in [0.2, 0.25) is 0 Å². The lowest BCUT2D eigenvalue weighted by Crippen LogP contribution is -2.47. The molecular weight excluding hydrogens is 174 g/mol. The Morgan fingerprint density at radius 3 is 2.29 bits per heavy atom. The van der Waals surface area contributed by atoms with E-state index in [0.29, 0.717) is 0 Å². The van der Waals surface area contributed by atoms with E-state index in [0.717, 1.165) is 0 Å². The van der Waals surface area contributed by atoms with Crippen molar-refractivity contribution < 1.29 is 0 Å². The van der Waals surface area contributed by atoms with Gasteiger partial charge in [-0.25, -0.2) is 5.01 Å². The summed E-state index contributed by atoms with van der Waals surface area (Å²) in [4.78, 5) is 2.52. The maximum atomic E-state index is 2.54. The van der Waals surface area contributed by atoms with Gasteiger partial charge in [-0.15, -0.1) is 0 Å². The second kappa shape index (κ2) is 3.46. The Balaban J connectivity index is 1.69. The van der Waals surface area contributed by atoms with Crippen LogP contribution in [0.1, 0.15) is 25.7 Å². The molecule has 2 fully saturated rings. The van der Waals surface area contributed by atoms with E-state index in [1.807, 2.05) is 0 Å². The summed E-state index contributed by atoms with van der Waals surface area (Å²) in [5.41, 5.74) is 0. The molecule has 0 saturated carbocycles. The van der Waals surface area contributed by atoms with Gasteiger partial charge in [-0.1, -0.05) is 0 Å². The molecule has 0 aromatic carbocycles. The van der Waals surface area contributed by atoms with Crippen LogP contribution >= 0.6 is 0 Å². The van der Waals surface area contributed by atoms with Gasteiger partial charge in [-0.05, 0) is 31.8 Å². The minimum atomic E-state index is 1.21. The largest absolute Gasteiger partial charge is 0.357 e. The third kappa shape index (κ3) is 1.31. The smallest absolute Gasteiger partial charge is 0.115 e. The van der Waals surface area contributed by atoms with Crippen molar-refractivity contribution in [1.82, 2.24) is 14.9 Å². The van der Waals surface area contributed by atoms with Crippen LogP contribution in [0.3, 0.4) is 0 Å². The molecule has 0 aromatic heterocycles. The molecule has 0 radical (unpaired) electrons. The molecule has 14 heavy (non-hydrogen) atoms. The first-order valence-corrected chi connectivity index (χ1v) is 5.93. The first-order chi connectivity index (χ1) is 6.95. The van der Waals surface area contributed by atoms with Gasteiger partial charge < -0.3 is 4.90 Å². The molecule has 0 unspecified atom stereocenters. The van der Waals surface area contributed by atoms with Crippen molar-refractivity contribution >= 4 is 0 Å². The summed E-state index contributed by atoms with van der Waals surface area (Å²) in [6, 6.07) is 0. The van der Waals surface area contributed by atoms with Gasteiger partial charge in [0, 0.05) is 32.7 Å². The highest BCUT2D eigenvalue weighted by molar-refractivity contribution is 5.08. The monoisotopic (exact) mass is 193 g/mol. The molecule has 0 atom stereocenters. The zero-order chi connectivity index (χ0) is 9.38. The predicted octanol–water partition coefficient (Wildman–Crippen LogP) is 1.25. The summed E-state index contributed by atoms with van der Waals surface area (Å²) in [6.45, 7) is 6.30. The Bertz CT molecular complexity index is 239. The number of nitrogens with zero attached hydrogens (tertiary/aromatic N) is 3. The summed E-state index contributed by atoms with van der Waals surface area (Å²) in [5, 5.41) is 5.06. The van der Waals surface area contributed by atoms with Gasteiger partial charge in [0.05, 0.1) is 0 Å². The zero-order valence-corrected chi connectivity index (χ0v) is 8.78. The average Bonchev–Trinajstić information content (AvgIpc) is 2.66. The molecule has 0 bridgehead atoms. The molecule has 0 aliphatic carbocycles. The SMILES string of the molecule is C1=C(N2CCC2)N(N2CCCC2)CC1. The fourth-order valence-electron chi connectivity index (χ4n) is 2.60. The van der Waals surface area contributed by atoms with Crippen LogP contribution in [0.5, 0.6) is 0 Å². The van der Waals surface area contributed by atoms with Gasteiger partial charge in [0.1, 0.15) is 5.82 Å². The highest BCUT2D eigenvalue weighted by atomic mass is 15.7. The van der Waals surface area contributed by atoms with Crippen molar-refractivity contribution in [1.29, 1.82) is 0 Å². The second-order valence-corrected chi connectivity index (χ2v) is 4.48. The Morgan fingerprint density at radius 2 is 1.64 bits per heavy atom. The molecule has 3 heteroatoms. The second-order valence-electron chi connectivity index (χ2n) is 4.48. The fraction of sp³-hybridized carbons (Fsp3) is 0.818. The highest BCUT2D eigenvalue weighted by Crippen LogP contribution is 2.27. The van der Waals surface area contributed by atoms with Crippen molar-refractivity contribution in [3.05, 3.63) is 11.9 Å².